The third kappa shape index (κ3) is 0.748. The predicted molar refractivity (Wildman–Crippen MR) is 25.6 cm³/mol. The van der Waals surface area contributed by atoms with Crippen molar-refractivity contribution in [2.24, 2.45) is 0 Å². The molecule has 0 aromatic rings. The maximum absolute atomic E-state index is 10.2. The predicted octanol–water partition coefficient (Wildman–Crippen LogP) is -0.449. The van der Waals surface area contributed by atoms with Crippen LogP contribution >= 0.6 is 0 Å². The van der Waals surface area contributed by atoms with E-state index in [2.05, 4.69) is 0 Å². The van der Waals surface area contributed by atoms with E-state index >= 15 is 0 Å². The van der Waals surface area contributed by atoms with Crippen LogP contribution in [0, 0.1) is 5.21 Å². The monoisotopic (exact) mass is 102 g/mol. The molecule has 3 heteroatoms. The van der Waals surface area contributed by atoms with Crippen LogP contribution in [0.25, 0.3) is 0 Å². The van der Waals surface area contributed by atoms with Gasteiger partial charge in [-0.05, 0) is 13.0 Å². The Bertz CT molecular complexity index is 64.7. The van der Waals surface area contributed by atoms with E-state index in [0.29, 0.717) is 6.54 Å². The second kappa shape index (κ2) is 1.78. The summed E-state index contributed by atoms with van der Waals surface area (Å²) in [5.41, 5.74) is 0. The number of hydrogen-bond acceptors (Lipinski definition) is 3. The van der Waals surface area contributed by atoms with Crippen molar-refractivity contribution in [3.8, 4) is 0 Å². The lowest BCUT2D eigenvalue weighted by Crippen LogP contribution is -2.45. The minimum Gasteiger partial charge on any atom is -0.785 e. The zero-order valence-electron chi connectivity index (χ0n) is 4.00. The van der Waals surface area contributed by atoms with Crippen molar-refractivity contribution in [2.75, 3.05) is 13.2 Å². The summed E-state index contributed by atoms with van der Waals surface area (Å²) in [5, 5.41) is 19.4. The SMILES string of the molecule is [O-]N1CCC1CO. The molecule has 1 fully saturated rings. The van der Waals surface area contributed by atoms with Crippen molar-refractivity contribution in [1.82, 2.24) is 5.06 Å². The van der Waals surface area contributed by atoms with Gasteiger partial charge in [0.25, 0.3) is 0 Å². The van der Waals surface area contributed by atoms with E-state index in [9.17, 15) is 5.21 Å². The fourth-order valence-electron chi connectivity index (χ4n) is 0.599. The average molecular weight is 102 g/mol. The van der Waals surface area contributed by atoms with Crippen LogP contribution in [-0.4, -0.2) is 29.4 Å². The first-order valence-electron chi connectivity index (χ1n) is 2.39. The fraction of sp³-hybridized carbons (Fsp3) is 1.00. The number of hydrogen-bond donors (Lipinski definition) is 1. The lowest BCUT2D eigenvalue weighted by Gasteiger charge is -2.45. The lowest BCUT2D eigenvalue weighted by molar-refractivity contribution is 0.0867. The Morgan fingerprint density at radius 1 is 1.86 bits per heavy atom. The first-order valence-corrected chi connectivity index (χ1v) is 2.39. The van der Waals surface area contributed by atoms with Crippen molar-refractivity contribution < 1.29 is 5.11 Å². The molecule has 0 aromatic carbocycles. The normalized spacial score (nSPS) is 32.6. The average Bonchev–Trinajstić information content (AvgIpc) is 1.65. The molecule has 0 aromatic heterocycles. The number of aliphatic hydroxyl groups is 1. The molecule has 1 atom stereocenters. The zero-order chi connectivity index (χ0) is 5.28. The minimum absolute atomic E-state index is 0.0174. The molecule has 0 spiro atoms. The Morgan fingerprint density at radius 2 is 2.57 bits per heavy atom. The van der Waals surface area contributed by atoms with Crippen LogP contribution in [0.3, 0.4) is 0 Å². The molecule has 0 aliphatic carbocycles. The highest BCUT2D eigenvalue weighted by molar-refractivity contribution is 4.81. The van der Waals surface area contributed by atoms with Gasteiger partial charge in [0.05, 0.1) is 6.61 Å². The van der Waals surface area contributed by atoms with Gasteiger partial charge in [0.2, 0.25) is 0 Å². The smallest absolute Gasteiger partial charge is 0.0578 e. The maximum Gasteiger partial charge on any atom is 0.0578 e. The summed E-state index contributed by atoms with van der Waals surface area (Å²) in [6.07, 6.45) is 0.861. The van der Waals surface area contributed by atoms with Crippen molar-refractivity contribution in [2.45, 2.75) is 12.5 Å². The number of hydroxylamine groups is 2. The van der Waals surface area contributed by atoms with E-state index in [1.165, 1.54) is 0 Å². The van der Waals surface area contributed by atoms with Gasteiger partial charge >= 0.3 is 0 Å². The van der Waals surface area contributed by atoms with Gasteiger partial charge in [-0.2, -0.15) is 0 Å². The highest BCUT2D eigenvalue weighted by atomic mass is 16.5. The van der Waals surface area contributed by atoms with Gasteiger partial charge in [0.15, 0.2) is 0 Å². The summed E-state index contributed by atoms with van der Waals surface area (Å²) in [4.78, 5) is 0. The largest absolute Gasteiger partial charge is 0.785 e. The highest BCUT2D eigenvalue weighted by Gasteiger charge is 2.17. The van der Waals surface area contributed by atoms with Gasteiger partial charge in [-0.1, -0.05) is 0 Å². The highest BCUT2D eigenvalue weighted by Crippen LogP contribution is 2.12. The molecule has 1 N–H and O–H groups in total. The van der Waals surface area contributed by atoms with Crippen LogP contribution in [0.2, 0.25) is 0 Å². The molecule has 0 bridgehead atoms. The van der Waals surface area contributed by atoms with Gasteiger partial charge in [-0.25, -0.2) is 0 Å². The van der Waals surface area contributed by atoms with E-state index in [4.69, 9.17) is 5.11 Å². The van der Waals surface area contributed by atoms with Crippen molar-refractivity contribution >= 4 is 0 Å². The Balaban J connectivity index is 2.16. The van der Waals surface area contributed by atoms with Gasteiger partial charge in [-0.15, -0.1) is 0 Å². The Kier molecular flexibility index (Phi) is 1.27. The van der Waals surface area contributed by atoms with Gasteiger partial charge in [0.1, 0.15) is 0 Å². The van der Waals surface area contributed by atoms with Crippen LogP contribution in [0.1, 0.15) is 6.42 Å². The number of rotatable bonds is 1. The van der Waals surface area contributed by atoms with E-state index in [1.54, 1.807) is 0 Å². The van der Waals surface area contributed by atoms with Crippen molar-refractivity contribution in [3.05, 3.63) is 5.21 Å². The quantitative estimate of drug-likeness (QED) is 0.487. The number of nitrogens with zero attached hydrogens (tertiary/aromatic N) is 1. The standard InChI is InChI=1S/C4H8NO2/c6-3-4-1-2-5(4)7/h4,6H,1-3H2/q-1. The van der Waals surface area contributed by atoms with Crippen LogP contribution in [-0.2, 0) is 0 Å². The summed E-state index contributed by atoms with van der Waals surface area (Å²) in [6, 6.07) is -0.0833. The van der Waals surface area contributed by atoms with E-state index < -0.39 is 0 Å². The zero-order valence-corrected chi connectivity index (χ0v) is 4.00. The van der Waals surface area contributed by atoms with Gasteiger partial charge in [0, 0.05) is 6.04 Å². The second-order valence-corrected chi connectivity index (χ2v) is 1.77. The maximum atomic E-state index is 10.2. The molecule has 1 unspecified atom stereocenters. The summed E-state index contributed by atoms with van der Waals surface area (Å²) in [6.45, 7) is 0.620. The summed E-state index contributed by atoms with van der Waals surface area (Å²) >= 11 is 0. The van der Waals surface area contributed by atoms with Crippen LogP contribution in [0.4, 0.5) is 0 Å². The molecular weight excluding hydrogens is 94.0 g/mol. The Morgan fingerprint density at radius 3 is 2.57 bits per heavy atom. The summed E-state index contributed by atoms with van der Waals surface area (Å²) in [7, 11) is 0. The van der Waals surface area contributed by atoms with Gasteiger partial charge < -0.3 is 15.4 Å². The molecule has 1 rings (SSSR count). The van der Waals surface area contributed by atoms with E-state index in [0.717, 1.165) is 11.5 Å². The Hall–Kier alpha value is -0.120. The first kappa shape index (κ1) is 5.03. The molecule has 3 nitrogen and oxygen atoms in total. The molecule has 1 heterocycles. The molecular formula is C4H8NO2-. The van der Waals surface area contributed by atoms with Crippen LogP contribution in [0.15, 0.2) is 0 Å². The van der Waals surface area contributed by atoms with Crippen LogP contribution in [0.5, 0.6) is 0 Å². The molecule has 0 amide bonds. The molecule has 1 saturated heterocycles. The summed E-state index contributed by atoms with van der Waals surface area (Å²) < 4.78 is 0. The third-order valence-electron chi connectivity index (χ3n) is 1.30. The van der Waals surface area contributed by atoms with Gasteiger partial charge in [-0.3, -0.25) is 0 Å². The molecule has 0 saturated carbocycles. The molecule has 42 valence electrons. The van der Waals surface area contributed by atoms with E-state index in [-0.39, 0.29) is 12.6 Å². The second-order valence-electron chi connectivity index (χ2n) is 1.77. The Labute approximate surface area is 42.1 Å². The first-order chi connectivity index (χ1) is 3.34. The van der Waals surface area contributed by atoms with Crippen molar-refractivity contribution in [3.63, 3.8) is 0 Å². The molecule has 7 heavy (non-hydrogen) atoms. The fourth-order valence-corrected chi connectivity index (χ4v) is 0.599. The van der Waals surface area contributed by atoms with Crippen LogP contribution < -0.4 is 0 Å². The topological polar surface area (TPSA) is 46.5 Å². The number of aliphatic hydroxyl groups excluding tert-OH is 1. The molecule has 1 aliphatic heterocycles. The van der Waals surface area contributed by atoms with Crippen molar-refractivity contribution in [1.29, 1.82) is 0 Å². The molecule has 0 radical (unpaired) electrons. The minimum atomic E-state index is -0.0833. The lowest BCUT2D eigenvalue weighted by atomic mass is 10.1. The van der Waals surface area contributed by atoms with E-state index in [1.807, 2.05) is 0 Å². The summed E-state index contributed by atoms with van der Waals surface area (Å²) in [5.74, 6) is 0. The third-order valence-corrected chi connectivity index (χ3v) is 1.30. The molecule has 1 aliphatic rings.